The Labute approximate surface area is 194 Å². The third-order valence-electron chi connectivity index (χ3n) is 5.79. The van der Waals surface area contributed by atoms with E-state index < -0.39 is 17.6 Å². The summed E-state index contributed by atoms with van der Waals surface area (Å²) in [7, 11) is 1.54. The highest BCUT2D eigenvalue weighted by Crippen LogP contribution is 2.38. The Hall–Kier alpha value is -3.69. The number of hydrogen-bond acceptors (Lipinski definition) is 5. The van der Waals surface area contributed by atoms with E-state index in [1.54, 1.807) is 36.2 Å². The van der Waals surface area contributed by atoms with Crippen LogP contribution in [0.15, 0.2) is 54.9 Å². The van der Waals surface area contributed by atoms with Gasteiger partial charge in [-0.2, -0.15) is 17.6 Å². The molecule has 2 aromatic carbocycles. The average molecular weight is 473 g/mol. The van der Waals surface area contributed by atoms with Crippen LogP contribution < -0.4 is 15.5 Å². The fourth-order valence-corrected chi connectivity index (χ4v) is 4.10. The van der Waals surface area contributed by atoms with Gasteiger partial charge in [0.1, 0.15) is 6.33 Å². The van der Waals surface area contributed by atoms with E-state index in [9.17, 15) is 18.0 Å². The fourth-order valence-electron chi connectivity index (χ4n) is 4.10. The van der Waals surface area contributed by atoms with Crippen molar-refractivity contribution in [2.24, 2.45) is 0 Å². The van der Waals surface area contributed by atoms with Crippen LogP contribution in [0.3, 0.4) is 0 Å². The van der Waals surface area contributed by atoms with Crippen molar-refractivity contribution in [3.63, 3.8) is 0 Å². The lowest BCUT2D eigenvalue weighted by Crippen LogP contribution is -2.25. The summed E-state index contributed by atoms with van der Waals surface area (Å²) < 4.78 is 54.1. The van der Waals surface area contributed by atoms with Crippen molar-refractivity contribution in [1.29, 1.82) is 0 Å². The molecule has 2 N–H and O–H groups in total. The molecule has 1 amide bonds. The van der Waals surface area contributed by atoms with E-state index in [0.717, 1.165) is 24.1 Å². The number of aromatic nitrogens is 2. The number of anilines is 2. The molecule has 0 bridgehead atoms. The van der Waals surface area contributed by atoms with Gasteiger partial charge in [-0.05, 0) is 48.2 Å². The molecule has 4 rings (SSSR count). The topological polar surface area (TPSA) is 70.1 Å². The summed E-state index contributed by atoms with van der Waals surface area (Å²) in [5.41, 5.74) is 1.21. The summed E-state index contributed by atoms with van der Waals surface area (Å²) in [6.07, 6.45) is -1.73. The molecule has 34 heavy (non-hydrogen) atoms. The zero-order valence-corrected chi connectivity index (χ0v) is 18.4. The first-order valence-corrected chi connectivity index (χ1v) is 10.8. The monoisotopic (exact) mass is 473 g/mol. The number of halogens is 4. The molecule has 1 atom stereocenters. The van der Waals surface area contributed by atoms with Crippen LogP contribution in [0.5, 0.6) is 0 Å². The zero-order valence-electron chi connectivity index (χ0n) is 18.4. The number of amides is 1. The van der Waals surface area contributed by atoms with Crippen LogP contribution in [0.1, 0.15) is 45.9 Å². The third-order valence-corrected chi connectivity index (χ3v) is 5.79. The number of nitrogens with one attached hydrogen (secondary N) is 2. The number of benzene rings is 2. The van der Waals surface area contributed by atoms with Gasteiger partial charge in [0.05, 0.1) is 11.6 Å². The van der Waals surface area contributed by atoms with Gasteiger partial charge in [0.25, 0.3) is 5.91 Å². The molecule has 0 spiro atoms. The van der Waals surface area contributed by atoms with Crippen LogP contribution >= 0.6 is 0 Å². The second-order valence-corrected chi connectivity index (χ2v) is 7.96. The number of hydrogen-bond donors (Lipinski definition) is 2. The summed E-state index contributed by atoms with van der Waals surface area (Å²) in [5, 5.41) is 5.50. The first kappa shape index (κ1) is 23.5. The Kier molecular flexibility index (Phi) is 6.67. The minimum Gasteiger partial charge on any atom is -0.363 e. The molecule has 178 valence electrons. The van der Waals surface area contributed by atoms with Crippen LogP contribution in [0.2, 0.25) is 0 Å². The summed E-state index contributed by atoms with van der Waals surface area (Å²) in [6, 6.07) is 11.6. The van der Waals surface area contributed by atoms with Crippen LogP contribution in [-0.2, 0) is 12.7 Å². The van der Waals surface area contributed by atoms with Crippen molar-refractivity contribution < 1.29 is 22.4 Å². The number of carbonyl (C=O) groups excluding carboxylic acids is 1. The number of alkyl halides is 3. The number of rotatable bonds is 6. The molecule has 3 aromatic rings. The van der Waals surface area contributed by atoms with E-state index in [-0.39, 0.29) is 30.1 Å². The highest BCUT2D eigenvalue weighted by atomic mass is 19.4. The maximum Gasteiger partial charge on any atom is 0.416 e. The molecule has 1 aliphatic heterocycles. The van der Waals surface area contributed by atoms with E-state index in [1.165, 1.54) is 18.5 Å². The predicted octanol–water partition coefficient (Wildman–Crippen LogP) is 4.95. The molecule has 10 heteroatoms. The van der Waals surface area contributed by atoms with Gasteiger partial charge in [-0.3, -0.25) is 4.79 Å². The van der Waals surface area contributed by atoms with E-state index in [0.29, 0.717) is 24.1 Å². The first-order chi connectivity index (χ1) is 16.3. The molecule has 6 nitrogen and oxygen atoms in total. The standard InChI is InChI=1S/C24H23F4N5O/c1-29-23(34)17-5-2-4-15(12-17)13-30-21-20(25)22(32-14-31-21)33-11-3-6-19(33)16-7-9-18(10-8-16)24(26,27)28/h2,4-5,7-10,12,14,19H,3,6,11,13H2,1H3,(H,29,34)(H,30,31,32). The molecule has 1 fully saturated rings. The Morgan fingerprint density at radius 1 is 1.15 bits per heavy atom. The van der Waals surface area contributed by atoms with Gasteiger partial charge in [-0.25, -0.2) is 9.97 Å². The largest absolute Gasteiger partial charge is 0.416 e. The van der Waals surface area contributed by atoms with Crippen molar-refractivity contribution in [2.75, 3.05) is 23.8 Å². The molecule has 1 aliphatic rings. The van der Waals surface area contributed by atoms with E-state index >= 15 is 4.39 Å². The molecule has 1 saturated heterocycles. The van der Waals surface area contributed by atoms with Crippen molar-refractivity contribution in [3.05, 3.63) is 82.9 Å². The second-order valence-electron chi connectivity index (χ2n) is 7.96. The smallest absolute Gasteiger partial charge is 0.363 e. The summed E-state index contributed by atoms with van der Waals surface area (Å²) >= 11 is 0. The molecule has 2 heterocycles. The van der Waals surface area contributed by atoms with E-state index in [1.807, 2.05) is 0 Å². The van der Waals surface area contributed by atoms with Crippen molar-refractivity contribution in [1.82, 2.24) is 15.3 Å². The molecule has 0 radical (unpaired) electrons. The minimum absolute atomic E-state index is 0.00779. The van der Waals surface area contributed by atoms with Gasteiger partial charge in [0.15, 0.2) is 11.6 Å². The summed E-state index contributed by atoms with van der Waals surface area (Å²) in [5.74, 6) is -0.753. The fraction of sp³-hybridized carbons (Fsp3) is 0.292. The Morgan fingerprint density at radius 2 is 1.91 bits per heavy atom. The van der Waals surface area contributed by atoms with Gasteiger partial charge >= 0.3 is 6.18 Å². The molecule has 1 unspecified atom stereocenters. The summed E-state index contributed by atoms with van der Waals surface area (Å²) in [6.45, 7) is 0.758. The zero-order chi connectivity index (χ0) is 24.3. The quantitative estimate of drug-likeness (QED) is 0.496. The highest BCUT2D eigenvalue weighted by molar-refractivity contribution is 5.94. The van der Waals surface area contributed by atoms with Gasteiger partial charge in [0, 0.05) is 25.7 Å². The number of carbonyl (C=O) groups is 1. The number of nitrogens with zero attached hydrogens (tertiary/aromatic N) is 3. The second kappa shape index (κ2) is 9.66. The van der Waals surface area contributed by atoms with Crippen molar-refractivity contribution >= 4 is 17.5 Å². The van der Waals surface area contributed by atoms with Crippen LogP contribution in [0, 0.1) is 5.82 Å². The van der Waals surface area contributed by atoms with Crippen LogP contribution in [0.25, 0.3) is 0 Å². The Balaban J connectivity index is 1.52. The van der Waals surface area contributed by atoms with Crippen LogP contribution in [-0.4, -0.2) is 29.5 Å². The maximum absolute atomic E-state index is 15.4. The highest BCUT2D eigenvalue weighted by Gasteiger charge is 2.33. The van der Waals surface area contributed by atoms with E-state index in [2.05, 4.69) is 20.6 Å². The molecular weight excluding hydrogens is 450 g/mol. The third kappa shape index (κ3) is 4.95. The minimum atomic E-state index is -4.41. The normalized spacial score (nSPS) is 15.9. The maximum atomic E-state index is 15.4. The lowest BCUT2D eigenvalue weighted by molar-refractivity contribution is -0.137. The van der Waals surface area contributed by atoms with Gasteiger partial charge in [0.2, 0.25) is 5.82 Å². The van der Waals surface area contributed by atoms with Gasteiger partial charge in [-0.15, -0.1) is 0 Å². The molecule has 0 saturated carbocycles. The summed E-state index contributed by atoms with van der Waals surface area (Å²) in [4.78, 5) is 21.7. The van der Waals surface area contributed by atoms with Gasteiger partial charge in [-0.1, -0.05) is 24.3 Å². The Bertz CT molecular complexity index is 1170. The van der Waals surface area contributed by atoms with Crippen molar-refractivity contribution in [2.45, 2.75) is 31.6 Å². The van der Waals surface area contributed by atoms with Crippen molar-refractivity contribution in [3.8, 4) is 0 Å². The molecular formula is C24H23F4N5O. The molecule has 1 aromatic heterocycles. The van der Waals surface area contributed by atoms with Crippen LogP contribution in [0.4, 0.5) is 29.2 Å². The molecule has 0 aliphatic carbocycles. The SMILES string of the molecule is CNC(=O)c1cccc(CNc2ncnc(N3CCCC3c3ccc(C(F)(F)F)cc3)c2F)c1. The predicted molar refractivity (Wildman–Crippen MR) is 120 cm³/mol. The first-order valence-electron chi connectivity index (χ1n) is 10.8. The lowest BCUT2D eigenvalue weighted by Gasteiger charge is -2.27. The average Bonchev–Trinajstić information content (AvgIpc) is 3.32. The lowest BCUT2D eigenvalue weighted by atomic mass is 10.0. The Morgan fingerprint density at radius 3 is 2.62 bits per heavy atom. The van der Waals surface area contributed by atoms with E-state index in [4.69, 9.17) is 0 Å². The van der Waals surface area contributed by atoms with Gasteiger partial charge < -0.3 is 15.5 Å².